The van der Waals surface area contributed by atoms with E-state index >= 15 is 0 Å². The van der Waals surface area contributed by atoms with Crippen molar-refractivity contribution in [2.24, 2.45) is 0 Å². The lowest BCUT2D eigenvalue weighted by atomic mass is 10.0. The third-order valence-corrected chi connectivity index (χ3v) is 4.74. The Morgan fingerprint density at radius 2 is 1.85 bits per heavy atom. The molecule has 0 atom stereocenters. The zero-order valence-electron chi connectivity index (χ0n) is 15.9. The zero-order valence-corrected chi connectivity index (χ0v) is 16.7. The van der Waals surface area contributed by atoms with Crippen LogP contribution in [-0.4, -0.2) is 41.2 Å². The van der Waals surface area contributed by atoms with Crippen LogP contribution >= 0.6 is 11.6 Å². The fraction of sp³-hybridized carbons (Fsp3) is 0.286. The molecule has 0 spiro atoms. The Bertz CT molecular complexity index is 991. The molecule has 0 aliphatic heterocycles. The Hall–Kier alpha value is -2.50. The molecule has 1 N–H and O–H groups in total. The fourth-order valence-corrected chi connectivity index (χ4v) is 3.54. The van der Waals surface area contributed by atoms with E-state index in [1.165, 1.54) is 0 Å². The number of fused-ring (bicyclic) bond motifs is 1. The van der Waals surface area contributed by atoms with Gasteiger partial charge in [-0.25, -0.2) is 4.79 Å². The predicted octanol–water partition coefficient (Wildman–Crippen LogP) is 4.54. The number of hydrogen-bond acceptors (Lipinski definition) is 4. The Labute approximate surface area is 163 Å². The molecule has 0 fully saturated rings. The van der Waals surface area contributed by atoms with Crippen LogP contribution < -0.4 is 0 Å². The van der Waals surface area contributed by atoms with Crippen LogP contribution in [0.3, 0.4) is 0 Å². The Morgan fingerprint density at radius 3 is 2.44 bits per heavy atom. The number of aromatic hydroxyl groups is 1. The van der Waals surface area contributed by atoms with Gasteiger partial charge in [-0.05, 0) is 64.3 Å². The highest BCUT2D eigenvalue weighted by atomic mass is 35.5. The smallest absolute Gasteiger partial charge is 0.340 e. The summed E-state index contributed by atoms with van der Waals surface area (Å²) >= 11 is 6.04. The lowest BCUT2D eigenvalue weighted by Gasteiger charge is -2.14. The molecule has 2 aromatic carbocycles. The van der Waals surface area contributed by atoms with Gasteiger partial charge in [0.05, 0.1) is 17.7 Å². The van der Waals surface area contributed by atoms with Gasteiger partial charge in [0.2, 0.25) is 0 Å². The van der Waals surface area contributed by atoms with E-state index in [0.29, 0.717) is 22.7 Å². The molecule has 142 valence electrons. The van der Waals surface area contributed by atoms with Gasteiger partial charge in [-0.1, -0.05) is 11.6 Å². The summed E-state index contributed by atoms with van der Waals surface area (Å²) in [5, 5.41) is 11.9. The molecule has 0 aliphatic rings. The molecule has 5 nitrogen and oxygen atoms in total. The van der Waals surface area contributed by atoms with E-state index in [1.54, 1.807) is 13.0 Å². The lowest BCUT2D eigenvalue weighted by Crippen LogP contribution is -2.12. The maximum atomic E-state index is 12.8. The summed E-state index contributed by atoms with van der Waals surface area (Å²) in [5.41, 5.74) is 3.67. The van der Waals surface area contributed by atoms with Gasteiger partial charge < -0.3 is 19.3 Å². The van der Waals surface area contributed by atoms with Gasteiger partial charge in [0, 0.05) is 33.9 Å². The standard InChI is InChI=1S/C21H23ClN2O3/c1-5-27-21(26)19-13(2)24(15-8-6-14(22)7-9-15)17-10-11-18(25)16(20(17)19)12-23(3)4/h6-11,25H,5,12H2,1-4H3. The van der Waals surface area contributed by atoms with Crippen molar-refractivity contribution in [3.8, 4) is 11.4 Å². The van der Waals surface area contributed by atoms with Gasteiger partial charge in [-0.3, -0.25) is 0 Å². The van der Waals surface area contributed by atoms with Gasteiger partial charge in [-0.15, -0.1) is 0 Å². The molecular weight excluding hydrogens is 364 g/mol. The van der Waals surface area contributed by atoms with Crippen LogP contribution in [0, 0.1) is 6.92 Å². The fourth-order valence-electron chi connectivity index (χ4n) is 3.42. The zero-order chi connectivity index (χ0) is 19.7. The molecule has 0 amide bonds. The minimum Gasteiger partial charge on any atom is -0.508 e. The number of rotatable bonds is 5. The number of phenols is 1. The molecule has 27 heavy (non-hydrogen) atoms. The van der Waals surface area contributed by atoms with Crippen molar-refractivity contribution in [3.63, 3.8) is 0 Å². The third-order valence-electron chi connectivity index (χ3n) is 4.49. The van der Waals surface area contributed by atoms with Crippen LogP contribution in [0.5, 0.6) is 5.75 Å². The number of hydrogen-bond donors (Lipinski definition) is 1. The number of carbonyl (C=O) groups excluding carboxylic acids is 1. The average Bonchev–Trinajstić information content (AvgIpc) is 2.91. The predicted molar refractivity (Wildman–Crippen MR) is 108 cm³/mol. The highest BCUT2D eigenvalue weighted by Crippen LogP contribution is 2.37. The minimum absolute atomic E-state index is 0.162. The van der Waals surface area contributed by atoms with Gasteiger partial charge >= 0.3 is 5.97 Å². The van der Waals surface area contributed by atoms with Crippen LogP contribution in [0.1, 0.15) is 28.5 Å². The second-order valence-corrected chi connectivity index (χ2v) is 7.12. The molecule has 1 heterocycles. The second-order valence-electron chi connectivity index (χ2n) is 6.69. The number of aromatic nitrogens is 1. The average molecular weight is 387 g/mol. The van der Waals surface area contributed by atoms with E-state index in [9.17, 15) is 9.90 Å². The van der Waals surface area contributed by atoms with Gasteiger partial charge in [0.25, 0.3) is 0 Å². The second kappa shape index (κ2) is 7.62. The van der Waals surface area contributed by atoms with E-state index in [4.69, 9.17) is 16.3 Å². The Balaban J connectivity index is 2.39. The Morgan fingerprint density at radius 1 is 1.19 bits per heavy atom. The molecule has 6 heteroatoms. The van der Waals surface area contributed by atoms with E-state index in [-0.39, 0.29) is 12.4 Å². The van der Waals surface area contributed by atoms with E-state index in [2.05, 4.69) is 0 Å². The van der Waals surface area contributed by atoms with Crippen molar-refractivity contribution in [2.45, 2.75) is 20.4 Å². The van der Waals surface area contributed by atoms with Gasteiger partial charge in [-0.2, -0.15) is 0 Å². The normalized spacial score (nSPS) is 11.3. The van der Waals surface area contributed by atoms with Crippen LogP contribution in [-0.2, 0) is 11.3 Å². The summed E-state index contributed by atoms with van der Waals surface area (Å²) in [6.45, 7) is 4.45. The molecule has 1 aromatic heterocycles. The number of nitrogens with zero attached hydrogens (tertiary/aromatic N) is 2. The largest absolute Gasteiger partial charge is 0.508 e. The van der Waals surface area contributed by atoms with Gasteiger partial charge in [0.1, 0.15) is 5.75 Å². The van der Waals surface area contributed by atoms with Crippen LogP contribution in [0.25, 0.3) is 16.6 Å². The van der Waals surface area contributed by atoms with Gasteiger partial charge in [0.15, 0.2) is 0 Å². The summed E-state index contributed by atoms with van der Waals surface area (Å²) in [6, 6.07) is 10.9. The highest BCUT2D eigenvalue weighted by molar-refractivity contribution is 6.30. The molecule has 0 bridgehead atoms. The van der Waals surface area contributed by atoms with E-state index in [0.717, 1.165) is 22.3 Å². The van der Waals surface area contributed by atoms with Crippen molar-refractivity contribution in [3.05, 3.63) is 58.2 Å². The summed E-state index contributed by atoms with van der Waals surface area (Å²) < 4.78 is 7.31. The third kappa shape index (κ3) is 3.53. The van der Waals surface area contributed by atoms with Crippen molar-refractivity contribution < 1.29 is 14.6 Å². The maximum Gasteiger partial charge on any atom is 0.340 e. The monoisotopic (exact) mass is 386 g/mol. The van der Waals surface area contributed by atoms with Crippen molar-refractivity contribution >= 4 is 28.5 Å². The van der Waals surface area contributed by atoms with E-state index < -0.39 is 5.97 Å². The van der Waals surface area contributed by atoms with Crippen LogP contribution in [0.15, 0.2) is 36.4 Å². The molecule has 0 saturated heterocycles. The molecule has 0 unspecified atom stereocenters. The molecule has 0 aliphatic carbocycles. The number of phenolic OH excluding ortho intramolecular Hbond substituents is 1. The van der Waals surface area contributed by atoms with E-state index in [1.807, 2.05) is 60.8 Å². The molecule has 3 rings (SSSR count). The topological polar surface area (TPSA) is 54.7 Å². The maximum absolute atomic E-state index is 12.8. The number of benzene rings is 2. The quantitative estimate of drug-likeness (QED) is 0.654. The minimum atomic E-state index is -0.390. The summed E-state index contributed by atoms with van der Waals surface area (Å²) in [4.78, 5) is 14.7. The Kier molecular flexibility index (Phi) is 5.44. The summed E-state index contributed by atoms with van der Waals surface area (Å²) in [7, 11) is 3.84. The van der Waals surface area contributed by atoms with Crippen LogP contribution in [0.4, 0.5) is 0 Å². The first-order chi connectivity index (χ1) is 12.8. The number of ether oxygens (including phenoxy) is 1. The SMILES string of the molecule is CCOC(=O)c1c(C)n(-c2ccc(Cl)cc2)c2ccc(O)c(CN(C)C)c12. The van der Waals surface area contributed by atoms with Crippen molar-refractivity contribution in [2.75, 3.05) is 20.7 Å². The molecule has 3 aromatic rings. The molecule has 0 saturated carbocycles. The molecular formula is C21H23ClN2O3. The van der Waals surface area contributed by atoms with Crippen LogP contribution in [0.2, 0.25) is 5.02 Å². The number of esters is 1. The van der Waals surface area contributed by atoms with Crippen molar-refractivity contribution in [1.82, 2.24) is 9.47 Å². The van der Waals surface area contributed by atoms with Crippen molar-refractivity contribution in [1.29, 1.82) is 0 Å². The highest BCUT2D eigenvalue weighted by Gasteiger charge is 2.25. The number of halogens is 1. The molecule has 0 radical (unpaired) electrons. The number of carbonyl (C=O) groups is 1. The first-order valence-corrected chi connectivity index (χ1v) is 9.16. The summed E-state index contributed by atoms with van der Waals surface area (Å²) in [6.07, 6.45) is 0. The first-order valence-electron chi connectivity index (χ1n) is 8.78. The lowest BCUT2D eigenvalue weighted by molar-refractivity contribution is 0.0527. The summed E-state index contributed by atoms with van der Waals surface area (Å²) in [5.74, 6) is -0.228. The first kappa shape index (κ1) is 19.3.